The van der Waals surface area contributed by atoms with Crippen LogP contribution < -0.4 is 5.73 Å². The summed E-state index contributed by atoms with van der Waals surface area (Å²) in [5.41, 5.74) is 4.98. The zero-order chi connectivity index (χ0) is 6.57. The van der Waals surface area contributed by atoms with Crippen LogP contribution in [0.15, 0.2) is 4.99 Å². The molecule has 0 aliphatic carbocycles. The third kappa shape index (κ3) is 1.70. The van der Waals surface area contributed by atoms with Gasteiger partial charge in [0.05, 0.1) is 0 Å². The topological polar surface area (TPSA) is 71.5 Å². The molecule has 46 valence electrons. The molecule has 0 radical (unpaired) electrons. The molecule has 0 saturated carbocycles. The van der Waals surface area contributed by atoms with Crippen molar-refractivity contribution in [2.24, 2.45) is 10.7 Å². The van der Waals surface area contributed by atoms with Crippen LogP contribution in [0.1, 0.15) is 0 Å². The van der Waals surface area contributed by atoms with Crippen molar-refractivity contribution < 1.29 is 4.74 Å². The normalized spacial score (nSPS) is 12.6. The molecule has 0 amide bonds. The van der Waals surface area contributed by atoms with Crippen molar-refractivity contribution in [2.75, 3.05) is 7.11 Å². The lowest BCUT2D eigenvalue weighted by molar-refractivity contribution is 0.162. The Hall–Kier alpha value is -0.900. The highest BCUT2D eigenvalue weighted by atomic mass is 16.5. The highest BCUT2D eigenvalue weighted by molar-refractivity contribution is 5.81. The molecule has 0 rings (SSSR count). The van der Waals surface area contributed by atoms with Gasteiger partial charge in [-0.2, -0.15) is 0 Å². The van der Waals surface area contributed by atoms with Gasteiger partial charge in [-0.3, -0.25) is 10.4 Å². The van der Waals surface area contributed by atoms with Crippen LogP contribution in [0.5, 0.6) is 0 Å². The van der Waals surface area contributed by atoms with Gasteiger partial charge in [-0.25, -0.2) is 0 Å². The first kappa shape index (κ1) is 7.10. The van der Waals surface area contributed by atoms with E-state index in [4.69, 9.17) is 11.1 Å². The van der Waals surface area contributed by atoms with Crippen molar-refractivity contribution in [3.63, 3.8) is 0 Å². The Labute approximate surface area is 47.9 Å². The molecule has 0 bridgehead atoms. The molecular weight excluding hydrogens is 106 g/mol. The summed E-state index contributed by atoms with van der Waals surface area (Å²) in [5, 5.41) is 6.77. The number of methoxy groups -OCH3 is 1. The molecule has 1 unspecified atom stereocenters. The molecule has 0 fully saturated rings. The highest BCUT2D eigenvalue weighted by Gasteiger charge is 2.03. The molecule has 1 atom stereocenters. The van der Waals surface area contributed by atoms with Crippen molar-refractivity contribution >= 4 is 12.6 Å². The molecule has 4 nitrogen and oxygen atoms in total. The largest absolute Gasteiger partial charge is 0.384 e. The van der Waals surface area contributed by atoms with Crippen molar-refractivity contribution in [3.05, 3.63) is 0 Å². The van der Waals surface area contributed by atoms with E-state index < -0.39 is 6.23 Å². The number of nitrogens with one attached hydrogen (secondary N) is 1. The quantitative estimate of drug-likeness (QED) is 0.388. The second-order valence-corrected chi connectivity index (χ2v) is 1.23. The summed E-state index contributed by atoms with van der Waals surface area (Å²) in [6.07, 6.45) is -0.671. The SMILES string of the molecule is C=NC(OC)C(=N)N. The van der Waals surface area contributed by atoms with Gasteiger partial charge in [0.15, 0.2) is 0 Å². The Morgan fingerprint density at radius 3 is 2.50 bits per heavy atom. The molecule has 0 saturated heterocycles. The van der Waals surface area contributed by atoms with Crippen molar-refractivity contribution in [3.8, 4) is 0 Å². The smallest absolute Gasteiger partial charge is 0.204 e. The molecule has 0 aromatic carbocycles. The van der Waals surface area contributed by atoms with Crippen LogP contribution in [0.4, 0.5) is 0 Å². The van der Waals surface area contributed by atoms with Crippen molar-refractivity contribution in [1.29, 1.82) is 5.41 Å². The minimum atomic E-state index is -0.671. The number of nitrogens with zero attached hydrogens (tertiary/aromatic N) is 1. The number of amidine groups is 1. The Morgan fingerprint density at radius 1 is 2.00 bits per heavy atom. The summed E-state index contributed by atoms with van der Waals surface area (Å²) in [6.45, 7) is 3.16. The van der Waals surface area contributed by atoms with E-state index in [1.54, 1.807) is 0 Å². The fourth-order valence-electron chi connectivity index (χ4n) is 0.300. The number of rotatable bonds is 3. The van der Waals surface area contributed by atoms with Gasteiger partial charge in [0.2, 0.25) is 6.23 Å². The Balaban J connectivity index is 3.69. The van der Waals surface area contributed by atoms with Gasteiger partial charge in [0.25, 0.3) is 0 Å². The van der Waals surface area contributed by atoms with Crippen molar-refractivity contribution in [2.45, 2.75) is 6.23 Å². The number of nitrogens with two attached hydrogens (primary N) is 1. The number of hydrogen-bond donors (Lipinski definition) is 2. The second kappa shape index (κ2) is 3.15. The van der Waals surface area contributed by atoms with E-state index in [0.717, 1.165) is 0 Å². The maximum Gasteiger partial charge on any atom is 0.204 e. The van der Waals surface area contributed by atoms with Crippen LogP contribution >= 0.6 is 0 Å². The van der Waals surface area contributed by atoms with E-state index in [0.29, 0.717) is 0 Å². The lowest BCUT2D eigenvalue weighted by Gasteiger charge is -2.04. The van der Waals surface area contributed by atoms with E-state index in [2.05, 4.69) is 16.4 Å². The summed E-state index contributed by atoms with van der Waals surface area (Å²) in [6, 6.07) is 0. The van der Waals surface area contributed by atoms with Crippen LogP contribution in [0.3, 0.4) is 0 Å². The summed E-state index contributed by atoms with van der Waals surface area (Å²) < 4.78 is 4.58. The van der Waals surface area contributed by atoms with Gasteiger partial charge in [-0.05, 0) is 6.72 Å². The van der Waals surface area contributed by atoms with Crippen LogP contribution in [0.2, 0.25) is 0 Å². The predicted molar refractivity (Wildman–Crippen MR) is 32.3 cm³/mol. The minimum absolute atomic E-state index is 0.123. The highest BCUT2D eigenvalue weighted by Crippen LogP contribution is 1.86. The molecule has 0 aliphatic rings. The standard InChI is InChI=1S/C4H9N3O/c1-7-4(8-2)3(5)6/h4H,1H2,2H3,(H3,5,6). The number of hydrogen-bond acceptors (Lipinski definition) is 3. The molecule has 0 aromatic rings. The number of aliphatic imine (C=N–C) groups is 1. The van der Waals surface area contributed by atoms with E-state index in [1.807, 2.05) is 0 Å². The Morgan fingerprint density at radius 2 is 2.50 bits per heavy atom. The van der Waals surface area contributed by atoms with E-state index >= 15 is 0 Å². The molecule has 3 N–H and O–H groups in total. The number of ether oxygens (including phenoxy) is 1. The van der Waals surface area contributed by atoms with Gasteiger partial charge in [-0.15, -0.1) is 0 Å². The minimum Gasteiger partial charge on any atom is -0.384 e. The van der Waals surface area contributed by atoms with Gasteiger partial charge in [0.1, 0.15) is 5.84 Å². The lowest BCUT2D eigenvalue weighted by atomic mass is 10.5. The Bertz CT molecular complexity index is 101. The average molecular weight is 115 g/mol. The first-order chi connectivity index (χ1) is 3.72. The third-order valence-corrected chi connectivity index (χ3v) is 0.655. The molecule has 0 spiro atoms. The lowest BCUT2D eigenvalue weighted by Crippen LogP contribution is -2.27. The van der Waals surface area contributed by atoms with Crippen LogP contribution in [0, 0.1) is 5.41 Å². The summed E-state index contributed by atoms with van der Waals surface area (Å²) in [5.74, 6) is -0.123. The van der Waals surface area contributed by atoms with Gasteiger partial charge < -0.3 is 10.5 Å². The zero-order valence-electron chi connectivity index (χ0n) is 4.72. The van der Waals surface area contributed by atoms with Crippen LogP contribution in [-0.2, 0) is 4.74 Å². The maximum atomic E-state index is 6.77. The van der Waals surface area contributed by atoms with E-state index in [-0.39, 0.29) is 5.84 Å². The molecule has 8 heavy (non-hydrogen) atoms. The van der Waals surface area contributed by atoms with Crippen LogP contribution in [0.25, 0.3) is 0 Å². The fourth-order valence-corrected chi connectivity index (χ4v) is 0.300. The molecule has 4 heteroatoms. The second-order valence-electron chi connectivity index (χ2n) is 1.23. The fraction of sp³-hybridized carbons (Fsp3) is 0.500. The molecular formula is C4H9N3O. The molecule has 0 heterocycles. The summed E-state index contributed by atoms with van der Waals surface area (Å²) in [7, 11) is 1.42. The van der Waals surface area contributed by atoms with E-state index in [1.165, 1.54) is 7.11 Å². The Kier molecular flexibility index (Phi) is 2.79. The summed E-state index contributed by atoms with van der Waals surface area (Å²) in [4.78, 5) is 3.38. The van der Waals surface area contributed by atoms with E-state index in [9.17, 15) is 0 Å². The van der Waals surface area contributed by atoms with Crippen molar-refractivity contribution in [1.82, 2.24) is 0 Å². The van der Waals surface area contributed by atoms with Gasteiger partial charge in [-0.1, -0.05) is 0 Å². The monoisotopic (exact) mass is 115 g/mol. The molecule has 0 aromatic heterocycles. The van der Waals surface area contributed by atoms with Crippen LogP contribution in [-0.4, -0.2) is 25.9 Å². The van der Waals surface area contributed by atoms with Gasteiger partial charge in [0, 0.05) is 7.11 Å². The maximum absolute atomic E-state index is 6.77. The average Bonchev–Trinajstić information content (AvgIpc) is 1.69. The zero-order valence-corrected chi connectivity index (χ0v) is 4.72. The van der Waals surface area contributed by atoms with Gasteiger partial charge >= 0.3 is 0 Å². The first-order valence-electron chi connectivity index (χ1n) is 2.05. The summed E-state index contributed by atoms with van der Waals surface area (Å²) >= 11 is 0. The third-order valence-electron chi connectivity index (χ3n) is 0.655. The molecule has 0 aliphatic heterocycles. The first-order valence-corrected chi connectivity index (χ1v) is 2.05. The predicted octanol–water partition coefficient (Wildman–Crippen LogP) is -0.405.